The molecule has 5 aromatic rings. The molecule has 8 rings (SSSR count). The van der Waals surface area contributed by atoms with Gasteiger partial charge < -0.3 is 4.90 Å². The summed E-state index contributed by atoms with van der Waals surface area (Å²) in [5.41, 5.74) is 10.6. The molecule has 2 unspecified atom stereocenters. The number of para-hydroxylation sites is 2. The number of nitrogens with zero attached hydrogens (tertiary/aromatic N) is 2. The molecule has 1 spiro atoms. The van der Waals surface area contributed by atoms with Gasteiger partial charge in [0.25, 0.3) is 0 Å². The van der Waals surface area contributed by atoms with Gasteiger partial charge >= 0.3 is 0 Å². The fraction of sp³-hybridized carbons (Fsp3) is 0.139. The Kier molecular flexibility index (Phi) is 5.13. The van der Waals surface area contributed by atoms with E-state index in [1.165, 1.54) is 44.5 Å². The highest BCUT2D eigenvalue weighted by atomic mass is 15.2. The number of anilines is 2. The minimum atomic E-state index is -0.324. The van der Waals surface area contributed by atoms with Crippen molar-refractivity contribution in [3.05, 3.63) is 150 Å². The van der Waals surface area contributed by atoms with Crippen LogP contribution in [0.25, 0.3) is 0 Å². The molecule has 2 atom stereocenters. The second-order valence-corrected chi connectivity index (χ2v) is 11.0. The summed E-state index contributed by atoms with van der Waals surface area (Å²) in [5, 5.41) is 0. The molecule has 5 aromatic carbocycles. The summed E-state index contributed by atoms with van der Waals surface area (Å²) >= 11 is 0. The predicted octanol–water partition coefficient (Wildman–Crippen LogP) is 5.46. The SMILES string of the molecule is C1=NCCC2C1C1(c3ccccc3B(c3ccccc3)c3ccccc31)c1ccccc1N2c1ccccc1. The van der Waals surface area contributed by atoms with Crippen LogP contribution < -0.4 is 21.3 Å². The Morgan fingerprint density at radius 2 is 1.18 bits per heavy atom. The first-order chi connectivity index (χ1) is 19.4. The molecule has 3 heterocycles. The van der Waals surface area contributed by atoms with Crippen LogP contribution in [0.1, 0.15) is 23.1 Å². The molecule has 186 valence electrons. The van der Waals surface area contributed by atoms with E-state index in [1.54, 1.807) is 0 Å². The molecule has 0 N–H and O–H groups in total. The Bertz CT molecular complexity index is 1650. The second kappa shape index (κ2) is 8.85. The molecule has 2 nitrogen and oxygen atoms in total. The molecular weight excluding hydrogens is 471 g/mol. The van der Waals surface area contributed by atoms with Gasteiger partial charge in [-0.2, -0.15) is 0 Å². The molecule has 0 saturated carbocycles. The van der Waals surface area contributed by atoms with Crippen LogP contribution in [0.4, 0.5) is 11.4 Å². The van der Waals surface area contributed by atoms with Crippen LogP contribution in [-0.4, -0.2) is 25.5 Å². The average Bonchev–Trinajstić information content (AvgIpc) is 3.02. The number of aliphatic imine (C=N–C) groups is 1. The zero-order valence-corrected chi connectivity index (χ0v) is 21.8. The first-order valence-corrected chi connectivity index (χ1v) is 14.1. The third-order valence-electron chi connectivity index (χ3n) is 9.22. The Morgan fingerprint density at radius 1 is 0.615 bits per heavy atom. The molecule has 3 heteroatoms. The van der Waals surface area contributed by atoms with Crippen molar-refractivity contribution in [2.45, 2.75) is 17.9 Å². The highest BCUT2D eigenvalue weighted by Crippen LogP contribution is 2.56. The summed E-state index contributed by atoms with van der Waals surface area (Å²) in [5.74, 6) is 0.195. The van der Waals surface area contributed by atoms with Gasteiger partial charge in [0.2, 0.25) is 6.71 Å². The van der Waals surface area contributed by atoms with Crippen molar-refractivity contribution in [2.24, 2.45) is 10.9 Å². The zero-order valence-electron chi connectivity index (χ0n) is 21.8. The van der Waals surface area contributed by atoms with Crippen LogP contribution in [0.5, 0.6) is 0 Å². The third kappa shape index (κ3) is 3.13. The average molecular weight is 500 g/mol. The van der Waals surface area contributed by atoms with Crippen LogP contribution in [0, 0.1) is 5.92 Å². The lowest BCUT2D eigenvalue weighted by atomic mass is 9.30. The Labute approximate surface area is 230 Å². The summed E-state index contributed by atoms with van der Waals surface area (Å²) in [6.45, 7) is 1.06. The highest BCUT2D eigenvalue weighted by Gasteiger charge is 2.57. The van der Waals surface area contributed by atoms with Crippen molar-refractivity contribution in [2.75, 3.05) is 11.4 Å². The number of fused-ring (bicyclic) bond motifs is 8. The second-order valence-electron chi connectivity index (χ2n) is 11.0. The Hall–Kier alpha value is -4.37. The molecular formula is C36H29BN2. The molecule has 0 aliphatic carbocycles. The minimum absolute atomic E-state index is 0.195. The van der Waals surface area contributed by atoms with E-state index < -0.39 is 0 Å². The van der Waals surface area contributed by atoms with E-state index in [1.807, 2.05) is 0 Å². The maximum absolute atomic E-state index is 4.98. The monoisotopic (exact) mass is 500 g/mol. The van der Waals surface area contributed by atoms with E-state index in [4.69, 9.17) is 4.99 Å². The normalized spacial score (nSPS) is 20.1. The number of benzene rings is 5. The van der Waals surface area contributed by atoms with E-state index in [0.29, 0.717) is 6.04 Å². The molecule has 3 aliphatic rings. The summed E-state index contributed by atoms with van der Waals surface area (Å²) in [7, 11) is 0. The number of rotatable bonds is 2. The Morgan fingerprint density at radius 3 is 1.87 bits per heavy atom. The lowest BCUT2D eigenvalue weighted by Gasteiger charge is -2.57. The van der Waals surface area contributed by atoms with Gasteiger partial charge in [-0.25, -0.2) is 0 Å². The molecule has 0 radical (unpaired) electrons. The standard InChI is InChI=1S/C36H29BN2/c1-3-13-26(14-4-1)37-32-20-10-7-17-28(32)36(29-18-8-11-21-33(29)37)30-19-9-12-22-34(30)39(27-15-5-2-6-16-27)35-23-24-38-25-31(35)36/h1-22,25,31,35H,23-24H2. The first-order valence-electron chi connectivity index (χ1n) is 14.1. The Balaban J connectivity index is 1.50. The van der Waals surface area contributed by atoms with Gasteiger partial charge in [0.15, 0.2) is 0 Å². The maximum atomic E-state index is 4.98. The summed E-state index contributed by atoms with van der Waals surface area (Å²) < 4.78 is 0. The van der Waals surface area contributed by atoms with Gasteiger partial charge in [0.1, 0.15) is 0 Å². The quantitative estimate of drug-likeness (QED) is 0.294. The summed E-state index contributed by atoms with van der Waals surface area (Å²) in [6.07, 6.45) is 3.33. The van der Waals surface area contributed by atoms with Crippen molar-refractivity contribution in [1.29, 1.82) is 0 Å². The maximum Gasteiger partial charge on any atom is 0.242 e. The lowest BCUT2D eigenvalue weighted by Crippen LogP contribution is -2.66. The van der Waals surface area contributed by atoms with E-state index >= 15 is 0 Å². The largest absolute Gasteiger partial charge is 0.337 e. The topological polar surface area (TPSA) is 15.6 Å². The van der Waals surface area contributed by atoms with Crippen molar-refractivity contribution in [3.63, 3.8) is 0 Å². The molecule has 0 aromatic heterocycles. The predicted molar refractivity (Wildman–Crippen MR) is 164 cm³/mol. The van der Waals surface area contributed by atoms with E-state index in [-0.39, 0.29) is 18.0 Å². The lowest BCUT2D eigenvalue weighted by molar-refractivity contribution is 0.357. The summed E-state index contributed by atoms with van der Waals surface area (Å²) in [6, 6.07) is 49.8. The van der Waals surface area contributed by atoms with E-state index in [9.17, 15) is 0 Å². The van der Waals surface area contributed by atoms with Gasteiger partial charge in [-0.3, -0.25) is 4.99 Å². The van der Waals surface area contributed by atoms with Crippen molar-refractivity contribution >= 4 is 40.7 Å². The van der Waals surface area contributed by atoms with Crippen molar-refractivity contribution < 1.29 is 0 Å². The fourth-order valence-electron chi connectivity index (χ4n) is 7.84. The van der Waals surface area contributed by atoms with E-state index in [0.717, 1.165) is 13.0 Å². The van der Waals surface area contributed by atoms with Crippen molar-refractivity contribution in [3.8, 4) is 0 Å². The van der Waals surface area contributed by atoms with Crippen LogP contribution in [0.15, 0.2) is 138 Å². The van der Waals surface area contributed by atoms with Crippen LogP contribution in [0.3, 0.4) is 0 Å². The minimum Gasteiger partial charge on any atom is -0.337 e. The van der Waals surface area contributed by atoms with Gasteiger partial charge in [-0.15, -0.1) is 0 Å². The van der Waals surface area contributed by atoms with Gasteiger partial charge in [0.05, 0.1) is 5.41 Å². The highest BCUT2D eigenvalue weighted by molar-refractivity contribution is 6.96. The van der Waals surface area contributed by atoms with Gasteiger partial charge in [-0.05, 0) is 41.3 Å². The molecule has 3 aliphatic heterocycles. The van der Waals surface area contributed by atoms with Crippen LogP contribution in [-0.2, 0) is 5.41 Å². The van der Waals surface area contributed by atoms with Gasteiger partial charge in [-0.1, -0.05) is 132 Å². The number of hydrogen-bond donors (Lipinski definition) is 0. The molecule has 0 saturated heterocycles. The van der Waals surface area contributed by atoms with E-state index in [2.05, 4.69) is 145 Å². The zero-order chi connectivity index (χ0) is 25.8. The molecule has 0 bridgehead atoms. The number of hydrogen-bond acceptors (Lipinski definition) is 2. The van der Waals surface area contributed by atoms with Crippen molar-refractivity contribution in [1.82, 2.24) is 0 Å². The van der Waals surface area contributed by atoms with Gasteiger partial charge in [0, 0.05) is 36.1 Å². The van der Waals surface area contributed by atoms with Crippen LogP contribution >= 0.6 is 0 Å². The van der Waals surface area contributed by atoms with Crippen LogP contribution in [0.2, 0.25) is 0 Å². The summed E-state index contributed by atoms with van der Waals surface area (Å²) in [4.78, 5) is 7.59. The molecule has 0 amide bonds. The third-order valence-corrected chi connectivity index (χ3v) is 9.22. The first kappa shape index (κ1) is 22.6. The fourth-order valence-corrected chi connectivity index (χ4v) is 7.84. The smallest absolute Gasteiger partial charge is 0.242 e. The molecule has 39 heavy (non-hydrogen) atoms. The molecule has 0 fully saturated rings.